The summed E-state index contributed by atoms with van der Waals surface area (Å²) in [6.45, 7) is 10.9. The summed E-state index contributed by atoms with van der Waals surface area (Å²) >= 11 is 0. The predicted octanol–water partition coefficient (Wildman–Crippen LogP) is 3.98. The van der Waals surface area contributed by atoms with E-state index < -0.39 is 0 Å². The summed E-state index contributed by atoms with van der Waals surface area (Å²) in [6, 6.07) is 0.804. The van der Waals surface area contributed by atoms with Crippen LogP contribution in [-0.4, -0.2) is 12.6 Å². The summed E-state index contributed by atoms with van der Waals surface area (Å²) in [6.07, 6.45) is 8.45. The fraction of sp³-hybridized carbons (Fsp3) is 1.00. The average molecular weight is 223 g/mol. The molecule has 0 aromatic rings. The SMILES string of the molecule is CC1(C)CCCC(NCC2CC2(C)C)CC1. The standard InChI is InChI=1S/C15H29N/c1-14(2)8-5-6-13(7-9-14)16-11-12-10-15(12,3)4/h12-13,16H,5-11H2,1-4H3. The van der Waals surface area contributed by atoms with Gasteiger partial charge in [0.15, 0.2) is 0 Å². The van der Waals surface area contributed by atoms with Gasteiger partial charge in [0.25, 0.3) is 0 Å². The Morgan fingerprint density at radius 1 is 1.06 bits per heavy atom. The van der Waals surface area contributed by atoms with E-state index in [0.717, 1.165) is 12.0 Å². The third kappa shape index (κ3) is 3.23. The molecule has 0 aromatic heterocycles. The maximum Gasteiger partial charge on any atom is 0.00673 e. The van der Waals surface area contributed by atoms with Crippen molar-refractivity contribution in [3.63, 3.8) is 0 Å². The van der Waals surface area contributed by atoms with Crippen LogP contribution in [0.3, 0.4) is 0 Å². The molecule has 0 saturated heterocycles. The summed E-state index contributed by atoms with van der Waals surface area (Å²) in [5.74, 6) is 0.948. The second-order valence-electron chi connectivity index (χ2n) is 7.59. The van der Waals surface area contributed by atoms with Crippen molar-refractivity contribution in [2.24, 2.45) is 16.7 Å². The lowest BCUT2D eigenvalue weighted by Crippen LogP contribution is -2.31. The van der Waals surface area contributed by atoms with E-state index in [1.54, 1.807) is 0 Å². The lowest BCUT2D eigenvalue weighted by atomic mass is 9.85. The van der Waals surface area contributed by atoms with Gasteiger partial charge in [0.2, 0.25) is 0 Å². The minimum Gasteiger partial charge on any atom is -0.314 e. The molecular weight excluding hydrogens is 194 g/mol. The lowest BCUT2D eigenvalue weighted by molar-refractivity contribution is 0.309. The van der Waals surface area contributed by atoms with Gasteiger partial charge in [0.05, 0.1) is 0 Å². The van der Waals surface area contributed by atoms with E-state index in [9.17, 15) is 0 Å². The highest BCUT2D eigenvalue weighted by atomic mass is 14.9. The molecule has 2 rings (SSSR count). The molecule has 2 aliphatic rings. The molecule has 94 valence electrons. The van der Waals surface area contributed by atoms with E-state index in [1.807, 2.05) is 0 Å². The Labute approximate surface area is 101 Å². The van der Waals surface area contributed by atoms with Crippen molar-refractivity contribution >= 4 is 0 Å². The predicted molar refractivity (Wildman–Crippen MR) is 70.5 cm³/mol. The molecule has 2 unspecified atom stereocenters. The molecule has 0 bridgehead atoms. The van der Waals surface area contributed by atoms with Crippen molar-refractivity contribution in [1.82, 2.24) is 5.32 Å². The molecule has 16 heavy (non-hydrogen) atoms. The molecule has 2 saturated carbocycles. The highest BCUT2D eigenvalue weighted by molar-refractivity contribution is 4.96. The molecule has 1 N–H and O–H groups in total. The first kappa shape index (κ1) is 12.4. The lowest BCUT2D eigenvalue weighted by Gasteiger charge is -2.22. The molecule has 2 fully saturated rings. The summed E-state index contributed by atoms with van der Waals surface area (Å²) in [5.41, 5.74) is 1.23. The summed E-state index contributed by atoms with van der Waals surface area (Å²) in [5, 5.41) is 3.82. The van der Waals surface area contributed by atoms with Gasteiger partial charge in [-0.25, -0.2) is 0 Å². The minimum atomic E-state index is 0.593. The molecule has 0 radical (unpaired) electrons. The normalized spacial score (nSPS) is 36.8. The molecule has 2 atom stereocenters. The zero-order valence-electron chi connectivity index (χ0n) is 11.6. The summed E-state index contributed by atoms with van der Waals surface area (Å²) < 4.78 is 0. The highest BCUT2D eigenvalue weighted by Gasteiger charge is 2.45. The van der Waals surface area contributed by atoms with Crippen molar-refractivity contribution < 1.29 is 0 Å². The Morgan fingerprint density at radius 3 is 2.38 bits per heavy atom. The van der Waals surface area contributed by atoms with E-state index in [0.29, 0.717) is 10.8 Å². The van der Waals surface area contributed by atoms with Gasteiger partial charge in [-0.15, -0.1) is 0 Å². The van der Waals surface area contributed by atoms with E-state index >= 15 is 0 Å². The van der Waals surface area contributed by atoms with E-state index in [-0.39, 0.29) is 0 Å². The van der Waals surface area contributed by atoms with Gasteiger partial charge in [0.1, 0.15) is 0 Å². The molecular formula is C15H29N. The molecule has 0 aliphatic heterocycles. The Hall–Kier alpha value is -0.0400. The summed E-state index contributed by atoms with van der Waals surface area (Å²) in [7, 11) is 0. The van der Waals surface area contributed by atoms with Gasteiger partial charge in [-0.3, -0.25) is 0 Å². The van der Waals surface area contributed by atoms with Gasteiger partial charge in [0, 0.05) is 6.04 Å². The van der Waals surface area contributed by atoms with Crippen LogP contribution in [0.5, 0.6) is 0 Å². The van der Waals surface area contributed by atoms with Gasteiger partial charge >= 0.3 is 0 Å². The topological polar surface area (TPSA) is 12.0 Å². The third-order valence-electron chi connectivity index (χ3n) is 4.95. The zero-order chi connectivity index (χ0) is 11.8. The maximum absolute atomic E-state index is 3.82. The number of rotatable bonds is 3. The van der Waals surface area contributed by atoms with Crippen LogP contribution in [0, 0.1) is 16.7 Å². The van der Waals surface area contributed by atoms with Crippen LogP contribution in [0.4, 0.5) is 0 Å². The number of hydrogen-bond donors (Lipinski definition) is 1. The first-order chi connectivity index (χ1) is 7.39. The first-order valence-corrected chi connectivity index (χ1v) is 7.12. The van der Waals surface area contributed by atoms with E-state index in [2.05, 4.69) is 33.0 Å². The number of nitrogens with one attached hydrogen (secondary N) is 1. The van der Waals surface area contributed by atoms with Crippen LogP contribution in [0.15, 0.2) is 0 Å². The monoisotopic (exact) mass is 223 g/mol. The van der Waals surface area contributed by atoms with Gasteiger partial charge < -0.3 is 5.32 Å². The van der Waals surface area contributed by atoms with Gasteiger partial charge in [-0.2, -0.15) is 0 Å². The van der Waals surface area contributed by atoms with Crippen LogP contribution in [0.1, 0.15) is 66.2 Å². The molecule has 0 aromatic carbocycles. The van der Waals surface area contributed by atoms with Crippen LogP contribution in [0.2, 0.25) is 0 Å². The first-order valence-electron chi connectivity index (χ1n) is 7.12. The minimum absolute atomic E-state index is 0.593. The highest BCUT2D eigenvalue weighted by Crippen LogP contribution is 2.51. The van der Waals surface area contributed by atoms with E-state index in [1.165, 1.54) is 45.1 Å². The largest absolute Gasteiger partial charge is 0.314 e. The van der Waals surface area contributed by atoms with Crippen LogP contribution in [-0.2, 0) is 0 Å². The molecule has 2 aliphatic carbocycles. The molecule has 0 heterocycles. The average Bonchev–Trinajstić information content (AvgIpc) is 2.81. The molecule has 0 spiro atoms. The molecule has 1 nitrogen and oxygen atoms in total. The van der Waals surface area contributed by atoms with Crippen LogP contribution >= 0.6 is 0 Å². The second kappa shape index (κ2) is 4.33. The fourth-order valence-electron chi connectivity index (χ4n) is 3.10. The van der Waals surface area contributed by atoms with Crippen LogP contribution in [0.25, 0.3) is 0 Å². The smallest absolute Gasteiger partial charge is 0.00673 e. The Morgan fingerprint density at radius 2 is 1.75 bits per heavy atom. The van der Waals surface area contributed by atoms with Crippen molar-refractivity contribution in [2.45, 2.75) is 72.3 Å². The van der Waals surface area contributed by atoms with Crippen LogP contribution < -0.4 is 5.32 Å². The molecule has 1 heteroatoms. The van der Waals surface area contributed by atoms with Gasteiger partial charge in [-0.05, 0) is 55.4 Å². The van der Waals surface area contributed by atoms with E-state index in [4.69, 9.17) is 0 Å². The Bertz CT molecular complexity index is 242. The Kier molecular flexibility index (Phi) is 3.36. The fourth-order valence-corrected chi connectivity index (χ4v) is 3.10. The third-order valence-corrected chi connectivity index (χ3v) is 4.95. The molecule has 0 amide bonds. The zero-order valence-corrected chi connectivity index (χ0v) is 11.6. The van der Waals surface area contributed by atoms with Crippen molar-refractivity contribution in [1.29, 1.82) is 0 Å². The van der Waals surface area contributed by atoms with Crippen molar-refractivity contribution in [2.75, 3.05) is 6.54 Å². The number of hydrogen-bond acceptors (Lipinski definition) is 1. The summed E-state index contributed by atoms with van der Waals surface area (Å²) in [4.78, 5) is 0. The Balaban J connectivity index is 1.70. The van der Waals surface area contributed by atoms with Gasteiger partial charge in [-0.1, -0.05) is 34.1 Å². The second-order valence-corrected chi connectivity index (χ2v) is 7.59. The maximum atomic E-state index is 3.82. The van der Waals surface area contributed by atoms with Crippen molar-refractivity contribution in [3.8, 4) is 0 Å². The van der Waals surface area contributed by atoms with Crippen molar-refractivity contribution in [3.05, 3.63) is 0 Å². The quantitative estimate of drug-likeness (QED) is 0.714.